The number of aliphatic imine (C=N–C) groups is 2. The van der Waals surface area contributed by atoms with Crippen molar-refractivity contribution >= 4 is 12.2 Å². The molecule has 2 N–H and O–H groups in total. The predicted octanol–water partition coefficient (Wildman–Crippen LogP) is 0.578. The molecular formula is C6H11N3. The van der Waals surface area contributed by atoms with Gasteiger partial charge in [-0.25, -0.2) is 4.99 Å². The fourth-order valence-electron chi connectivity index (χ4n) is 0.345. The lowest BCUT2D eigenvalue weighted by Crippen LogP contribution is -1.94. The van der Waals surface area contributed by atoms with Crippen molar-refractivity contribution in [2.75, 3.05) is 6.54 Å². The third kappa shape index (κ3) is 4.74. The normalized spacial score (nSPS) is 12.3. The van der Waals surface area contributed by atoms with Crippen molar-refractivity contribution in [1.29, 1.82) is 0 Å². The first-order chi connectivity index (χ1) is 4.31. The summed E-state index contributed by atoms with van der Waals surface area (Å²) in [5, 5.41) is 0. The number of nitrogens with zero attached hydrogens (tertiary/aromatic N) is 2. The molecule has 0 saturated carbocycles. The maximum absolute atomic E-state index is 5.00. The van der Waals surface area contributed by atoms with Crippen LogP contribution < -0.4 is 5.73 Å². The first-order valence-corrected chi connectivity index (χ1v) is 2.67. The molecule has 0 unspecified atom stereocenters. The van der Waals surface area contributed by atoms with Gasteiger partial charge in [0.2, 0.25) is 0 Å². The van der Waals surface area contributed by atoms with Crippen LogP contribution in [0.3, 0.4) is 0 Å². The van der Waals surface area contributed by atoms with E-state index in [-0.39, 0.29) is 0 Å². The van der Waals surface area contributed by atoms with Crippen molar-refractivity contribution in [2.24, 2.45) is 15.7 Å². The monoisotopic (exact) mass is 125 g/mol. The van der Waals surface area contributed by atoms with Crippen molar-refractivity contribution < 1.29 is 0 Å². The molecule has 9 heavy (non-hydrogen) atoms. The molecule has 0 heterocycles. The predicted molar refractivity (Wildman–Crippen MR) is 40.9 cm³/mol. The third-order valence-corrected chi connectivity index (χ3v) is 0.711. The average molecular weight is 125 g/mol. The molecular weight excluding hydrogens is 114 g/mol. The van der Waals surface area contributed by atoms with E-state index in [4.69, 9.17) is 5.73 Å². The van der Waals surface area contributed by atoms with Crippen LogP contribution in [0.2, 0.25) is 0 Å². The zero-order valence-electron chi connectivity index (χ0n) is 5.54. The Kier molecular flexibility index (Phi) is 4.40. The minimum Gasteiger partial charge on any atom is -0.390 e. The van der Waals surface area contributed by atoms with Gasteiger partial charge in [-0.3, -0.25) is 4.99 Å². The van der Waals surface area contributed by atoms with Crippen molar-refractivity contribution in [2.45, 2.75) is 6.92 Å². The highest BCUT2D eigenvalue weighted by atomic mass is 14.9. The summed E-state index contributed by atoms with van der Waals surface area (Å²) in [4.78, 5) is 7.67. The average Bonchev–Trinajstić information content (AvgIpc) is 1.85. The number of rotatable bonds is 2. The lowest BCUT2D eigenvalue weighted by Gasteiger charge is -1.86. The van der Waals surface area contributed by atoms with Gasteiger partial charge in [-0.1, -0.05) is 6.08 Å². The summed E-state index contributed by atoms with van der Waals surface area (Å²) in [6, 6.07) is 0. The van der Waals surface area contributed by atoms with Gasteiger partial charge in [0, 0.05) is 0 Å². The highest BCUT2D eigenvalue weighted by Gasteiger charge is 1.77. The fourth-order valence-corrected chi connectivity index (χ4v) is 0.345. The number of amidine groups is 1. The molecule has 3 nitrogen and oxygen atoms in total. The summed E-state index contributed by atoms with van der Waals surface area (Å²) >= 11 is 0. The summed E-state index contributed by atoms with van der Waals surface area (Å²) < 4.78 is 0. The SMILES string of the molecule is C=CCN=C(C)N=CN. The molecule has 0 fully saturated rings. The van der Waals surface area contributed by atoms with Gasteiger partial charge >= 0.3 is 0 Å². The second-order valence-electron chi connectivity index (χ2n) is 1.45. The van der Waals surface area contributed by atoms with Crippen molar-refractivity contribution in [3.05, 3.63) is 12.7 Å². The van der Waals surface area contributed by atoms with E-state index in [1.165, 1.54) is 6.34 Å². The third-order valence-electron chi connectivity index (χ3n) is 0.711. The van der Waals surface area contributed by atoms with Gasteiger partial charge < -0.3 is 5.73 Å². The Morgan fingerprint density at radius 2 is 2.44 bits per heavy atom. The molecule has 0 rings (SSSR count). The second-order valence-corrected chi connectivity index (χ2v) is 1.45. The van der Waals surface area contributed by atoms with Gasteiger partial charge in [-0.15, -0.1) is 6.58 Å². The summed E-state index contributed by atoms with van der Waals surface area (Å²) in [6.07, 6.45) is 2.93. The van der Waals surface area contributed by atoms with Crippen LogP contribution in [-0.2, 0) is 0 Å². The maximum atomic E-state index is 5.00. The molecule has 0 bridgehead atoms. The van der Waals surface area contributed by atoms with E-state index < -0.39 is 0 Å². The molecule has 0 aromatic carbocycles. The van der Waals surface area contributed by atoms with E-state index >= 15 is 0 Å². The van der Waals surface area contributed by atoms with Gasteiger partial charge in [0.05, 0.1) is 12.9 Å². The topological polar surface area (TPSA) is 50.7 Å². The molecule has 0 aromatic heterocycles. The Morgan fingerprint density at radius 1 is 1.78 bits per heavy atom. The highest BCUT2D eigenvalue weighted by Crippen LogP contribution is 1.77. The van der Waals surface area contributed by atoms with Crippen LogP contribution in [0.15, 0.2) is 22.6 Å². The lowest BCUT2D eigenvalue weighted by atomic mass is 10.6. The van der Waals surface area contributed by atoms with Crippen LogP contribution >= 0.6 is 0 Å². The van der Waals surface area contributed by atoms with E-state index in [0.29, 0.717) is 12.4 Å². The van der Waals surface area contributed by atoms with E-state index in [1.54, 1.807) is 13.0 Å². The van der Waals surface area contributed by atoms with Crippen molar-refractivity contribution in [3.63, 3.8) is 0 Å². The Hall–Kier alpha value is -1.12. The van der Waals surface area contributed by atoms with Crippen LogP contribution in [0.4, 0.5) is 0 Å². The molecule has 50 valence electrons. The second kappa shape index (κ2) is 5.03. The van der Waals surface area contributed by atoms with Crippen LogP contribution in [-0.4, -0.2) is 18.7 Å². The van der Waals surface area contributed by atoms with Crippen LogP contribution in [0.5, 0.6) is 0 Å². The van der Waals surface area contributed by atoms with E-state index in [1.807, 2.05) is 0 Å². The lowest BCUT2D eigenvalue weighted by molar-refractivity contribution is 1.23. The molecule has 0 aromatic rings. The van der Waals surface area contributed by atoms with Gasteiger partial charge in [0.25, 0.3) is 0 Å². The number of hydrogen-bond donors (Lipinski definition) is 1. The van der Waals surface area contributed by atoms with Gasteiger partial charge in [-0.05, 0) is 6.92 Å². The number of nitrogens with two attached hydrogens (primary N) is 1. The smallest absolute Gasteiger partial charge is 0.122 e. The molecule has 0 atom stereocenters. The summed E-state index contributed by atoms with van der Waals surface area (Å²) in [6.45, 7) is 5.89. The highest BCUT2D eigenvalue weighted by molar-refractivity contribution is 5.86. The van der Waals surface area contributed by atoms with Crippen molar-refractivity contribution in [3.8, 4) is 0 Å². The summed E-state index contributed by atoms with van der Waals surface area (Å²) in [5.74, 6) is 0.678. The number of hydrogen-bond acceptors (Lipinski definition) is 1. The van der Waals surface area contributed by atoms with E-state index in [2.05, 4.69) is 16.6 Å². The molecule has 0 aliphatic heterocycles. The molecule has 3 heteroatoms. The van der Waals surface area contributed by atoms with Gasteiger partial charge in [-0.2, -0.15) is 0 Å². The van der Waals surface area contributed by atoms with Gasteiger partial charge in [0.1, 0.15) is 5.84 Å². The largest absolute Gasteiger partial charge is 0.390 e. The molecule has 0 saturated heterocycles. The zero-order valence-corrected chi connectivity index (χ0v) is 5.54. The Labute approximate surface area is 55.0 Å². The zero-order chi connectivity index (χ0) is 7.11. The van der Waals surface area contributed by atoms with Crippen LogP contribution in [0, 0.1) is 0 Å². The first-order valence-electron chi connectivity index (χ1n) is 2.67. The minimum absolute atomic E-state index is 0.600. The van der Waals surface area contributed by atoms with Crippen LogP contribution in [0.1, 0.15) is 6.92 Å². The fraction of sp³-hybridized carbons (Fsp3) is 0.333. The van der Waals surface area contributed by atoms with Gasteiger partial charge in [0.15, 0.2) is 0 Å². The molecule has 0 radical (unpaired) electrons. The molecule has 0 spiro atoms. The minimum atomic E-state index is 0.600. The maximum Gasteiger partial charge on any atom is 0.122 e. The Balaban J connectivity index is 3.68. The quantitative estimate of drug-likeness (QED) is 0.327. The van der Waals surface area contributed by atoms with Crippen molar-refractivity contribution in [1.82, 2.24) is 0 Å². The summed E-state index contributed by atoms with van der Waals surface area (Å²) in [5.41, 5.74) is 5.00. The Morgan fingerprint density at radius 3 is 2.89 bits per heavy atom. The van der Waals surface area contributed by atoms with Crippen LogP contribution in [0.25, 0.3) is 0 Å². The molecule has 0 amide bonds. The Bertz CT molecular complexity index is 135. The van der Waals surface area contributed by atoms with E-state index in [0.717, 1.165) is 0 Å². The standard InChI is InChI=1S/C6H11N3/c1-3-4-8-6(2)9-5-7/h3,5H,1,4H2,2H3,(H2,7,8,9). The molecule has 0 aliphatic rings. The molecule has 0 aliphatic carbocycles. The van der Waals surface area contributed by atoms with E-state index in [9.17, 15) is 0 Å². The first kappa shape index (κ1) is 7.88. The summed E-state index contributed by atoms with van der Waals surface area (Å²) in [7, 11) is 0.